The van der Waals surface area contributed by atoms with Gasteiger partial charge in [-0.2, -0.15) is 0 Å². The first-order valence-corrected chi connectivity index (χ1v) is 8.05. The summed E-state index contributed by atoms with van der Waals surface area (Å²) in [6.07, 6.45) is 1.46. The highest BCUT2D eigenvalue weighted by atomic mass is 79.9. The number of aromatic nitrogens is 1. The molecule has 1 aromatic carbocycles. The zero-order chi connectivity index (χ0) is 14.0. The van der Waals surface area contributed by atoms with Crippen LogP contribution in [0.2, 0.25) is 0 Å². The number of rotatable bonds is 3. The molecule has 0 atom stereocenters. The SMILES string of the molecule is O=S(=O)(Nc1ccc(Br)cn1)c1ccc(Br)c(F)c1. The van der Waals surface area contributed by atoms with Gasteiger partial charge in [-0.3, -0.25) is 4.72 Å². The summed E-state index contributed by atoms with van der Waals surface area (Å²) in [4.78, 5) is 3.72. The number of hydrogen-bond donors (Lipinski definition) is 1. The van der Waals surface area contributed by atoms with Gasteiger partial charge in [0.05, 0.1) is 9.37 Å². The number of pyridine rings is 1. The fourth-order valence-electron chi connectivity index (χ4n) is 1.28. The predicted octanol–water partition coefficient (Wildman–Crippen LogP) is 3.55. The molecule has 0 radical (unpaired) electrons. The van der Waals surface area contributed by atoms with Crippen molar-refractivity contribution in [3.8, 4) is 0 Å². The van der Waals surface area contributed by atoms with Crippen LogP contribution in [0.3, 0.4) is 0 Å². The zero-order valence-electron chi connectivity index (χ0n) is 9.27. The van der Waals surface area contributed by atoms with Gasteiger partial charge in [0.2, 0.25) is 0 Å². The highest BCUT2D eigenvalue weighted by molar-refractivity contribution is 9.10. The lowest BCUT2D eigenvalue weighted by molar-refractivity contribution is 0.593. The van der Waals surface area contributed by atoms with Crippen LogP contribution in [0.4, 0.5) is 10.2 Å². The molecule has 1 heterocycles. The Labute approximate surface area is 126 Å². The molecule has 8 heteroatoms. The van der Waals surface area contributed by atoms with Gasteiger partial charge < -0.3 is 0 Å². The van der Waals surface area contributed by atoms with Gasteiger partial charge >= 0.3 is 0 Å². The maximum absolute atomic E-state index is 13.3. The molecule has 0 aliphatic heterocycles. The van der Waals surface area contributed by atoms with E-state index in [-0.39, 0.29) is 15.2 Å². The van der Waals surface area contributed by atoms with Crippen LogP contribution < -0.4 is 4.72 Å². The van der Waals surface area contributed by atoms with E-state index in [0.717, 1.165) is 10.5 Å². The van der Waals surface area contributed by atoms with Gasteiger partial charge in [-0.05, 0) is 62.2 Å². The van der Waals surface area contributed by atoms with Crippen LogP contribution in [-0.2, 0) is 10.0 Å². The molecular formula is C11H7Br2FN2O2S. The molecule has 0 amide bonds. The fraction of sp³-hybridized carbons (Fsp3) is 0. The number of benzene rings is 1. The smallest absolute Gasteiger partial charge is 0.263 e. The van der Waals surface area contributed by atoms with Gasteiger partial charge in [-0.1, -0.05) is 0 Å². The average Bonchev–Trinajstić information content (AvgIpc) is 2.35. The molecule has 0 bridgehead atoms. The Hall–Kier alpha value is -0.990. The fourth-order valence-corrected chi connectivity index (χ4v) is 2.78. The van der Waals surface area contributed by atoms with Gasteiger partial charge in [-0.15, -0.1) is 0 Å². The molecule has 0 fully saturated rings. The molecule has 4 nitrogen and oxygen atoms in total. The highest BCUT2D eigenvalue weighted by Crippen LogP contribution is 2.21. The van der Waals surface area contributed by atoms with Crippen LogP contribution >= 0.6 is 31.9 Å². The molecule has 2 aromatic rings. The molecule has 0 aliphatic carbocycles. The van der Waals surface area contributed by atoms with Crippen molar-refractivity contribution >= 4 is 47.7 Å². The molecule has 0 spiro atoms. The summed E-state index contributed by atoms with van der Waals surface area (Å²) in [5, 5.41) is 0. The quantitative estimate of drug-likeness (QED) is 0.843. The Balaban J connectivity index is 2.32. The summed E-state index contributed by atoms with van der Waals surface area (Å²) in [7, 11) is -3.85. The standard InChI is InChI=1S/C11H7Br2FN2O2S/c12-7-1-4-11(15-6-7)16-19(17,18)8-2-3-9(13)10(14)5-8/h1-6H,(H,15,16). The first kappa shape index (κ1) is 14.4. The third-order valence-electron chi connectivity index (χ3n) is 2.17. The minimum atomic E-state index is -3.85. The number of nitrogens with one attached hydrogen (secondary N) is 1. The summed E-state index contributed by atoms with van der Waals surface area (Å²) in [6.45, 7) is 0. The van der Waals surface area contributed by atoms with E-state index in [4.69, 9.17) is 0 Å². The van der Waals surface area contributed by atoms with E-state index in [1.54, 1.807) is 6.07 Å². The highest BCUT2D eigenvalue weighted by Gasteiger charge is 2.16. The maximum Gasteiger partial charge on any atom is 0.263 e. The van der Waals surface area contributed by atoms with E-state index in [0.29, 0.717) is 0 Å². The second-order valence-electron chi connectivity index (χ2n) is 3.54. The van der Waals surface area contributed by atoms with Crippen molar-refractivity contribution in [3.63, 3.8) is 0 Å². The lowest BCUT2D eigenvalue weighted by Crippen LogP contribution is -2.14. The van der Waals surface area contributed by atoms with Gasteiger partial charge in [0.25, 0.3) is 10.0 Å². The Bertz CT molecular complexity index is 705. The minimum absolute atomic E-state index is 0.159. The molecule has 0 unspecified atom stereocenters. The third kappa shape index (κ3) is 3.52. The number of nitrogens with zero attached hydrogens (tertiary/aromatic N) is 1. The van der Waals surface area contributed by atoms with Gasteiger partial charge in [0.15, 0.2) is 0 Å². The van der Waals surface area contributed by atoms with Crippen LogP contribution in [0.15, 0.2) is 50.4 Å². The summed E-state index contributed by atoms with van der Waals surface area (Å²) in [6, 6.07) is 6.71. The van der Waals surface area contributed by atoms with E-state index >= 15 is 0 Å². The third-order valence-corrected chi connectivity index (χ3v) is 4.63. The first-order chi connectivity index (χ1) is 8.88. The Kier molecular flexibility index (Phi) is 4.22. The van der Waals surface area contributed by atoms with E-state index in [9.17, 15) is 12.8 Å². The molecule has 2 rings (SSSR count). The lowest BCUT2D eigenvalue weighted by atomic mass is 10.3. The monoisotopic (exact) mass is 408 g/mol. The molecule has 0 aliphatic rings. The number of hydrogen-bond acceptors (Lipinski definition) is 3. The van der Waals surface area contributed by atoms with Crippen molar-refractivity contribution in [2.24, 2.45) is 0 Å². The van der Waals surface area contributed by atoms with Crippen molar-refractivity contribution in [1.29, 1.82) is 0 Å². The number of halogens is 3. The van der Waals surface area contributed by atoms with E-state index in [1.807, 2.05) is 0 Å². The van der Waals surface area contributed by atoms with Crippen molar-refractivity contribution in [2.45, 2.75) is 4.90 Å². The van der Waals surface area contributed by atoms with Crippen molar-refractivity contribution < 1.29 is 12.8 Å². The van der Waals surface area contributed by atoms with Crippen LogP contribution in [0.5, 0.6) is 0 Å². The molecule has 19 heavy (non-hydrogen) atoms. The van der Waals surface area contributed by atoms with E-state index in [2.05, 4.69) is 41.6 Å². The molecular weight excluding hydrogens is 403 g/mol. The summed E-state index contributed by atoms with van der Waals surface area (Å²) < 4.78 is 40.5. The Morgan fingerprint density at radius 3 is 2.47 bits per heavy atom. The lowest BCUT2D eigenvalue weighted by Gasteiger charge is -2.07. The Morgan fingerprint density at radius 1 is 1.16 bits per heavy atom. The molecule has 100 valence electrons. The maximum atomic E-state index is 13.3. The van der Waals surface area contributed by atoms with Gasteiger partial charge in [0.1, 0.15) is 11.6 Å². The topological polar surface area (TPSA) is 59.1 Å². The zero-order valence-corrected chi connectivity index (χ0v) is 13.3. The molecule has 1 aromatic heterocycles. The normalized spacial score (nSPS) is 11.3. The van der Waals surface area contributed by atoms with Gasteiger partial charge in [-0.25, -0.2) is 17.8 Å². The van der Waals surface area contributed by atoms with Crippen LogP contribution in [0.25, 0.3) is 0 Å². The largest absolute Gasteiger partial charge is 0.263 e. The van der Waals surface area contributed by atoms with Gasteiger partial charge in [0, 0.05) is 10.7 Å². The second kappa shape index (κ2) is 5.56. The van der Waals surface area contributed by atoms with Crippen molar-refractivity contribution in [2.75, 3.05) is 4.72 Å². The minimum Gasteiger partial charge on any atom is -0.263 e. The van der Waals surface area contributed by atoms with Crippen molar-refractivity contribution in [1.82, 2.24) is 4.98 Å². The second-order valence-corrected chi connectivity index (χ2v) is 7.00. The molecule has 0 saturated heterocycles. The van der Waals surface area contributed by atoms with Crippen LogP contribution in [-0.4, -0.2) is 13.4 Å². The summed E-state index contributed by atoms with van der Waals surface area (Å²) >= 11 is 6.16. The predicted molar refractivity (Wildman–Crippen MR) is 76.8 cm³/mol. The van der Waals surface area contributed by atoms with Crippen LogP contribution in [0, 0.1) is 5.82 Å². The number of anilines is 1. The summed E-state index contributed by atoms with van der Waals surface area (Å²) in [5.74, 6) is -0.488. The molecule has 0 saturated carbocycles. The average molecular weight is 410 g/mol. The molecule has 1 N–H and O–H groups in total. The van der Waals surface area contributed by atoms with E-state index < -0.39 is 15.8 Å². The van der Waals surface area contributed by atoms with E-state index in [1.165, 1.54) is 24.4 Å². The van der Waals surface area contributed by atoms with Crippen molar-refractivity contribution in [3.05, 3.63) is 51.3 Å². The Morgan fingerprint density at radius 2 is 1.89 bits per heavy atom. The van der Waals surface area contributed by atoms with Crippen LogP contribution in [0.1, 0.15) is 0 Å². The number of sulfonamides is 1. The first-order valence-electron chi connectivity index (χ1n) is 4.98. The summed E-state index contributed by atoms with van der Waals surface area (Å²) in [5.41, 5.74) is 0.